The smallest absolute Gasteiger partial charge is 0.271 e. The van der Waals surface area contributed by atoms with E-state index in [0.717, 1.165) is 5.56 Å². The highest BCUT2D eigenvalue weighted by Gasteiger charge is 2.07. The summed E-state index contributed by atoms with van der Waals surface area (Å²) in [5.74, 6) is 0.265. The lowest BCUT2D eigenvalue weighted by Crippen LogP contribution is -2.18. The highest BCUT2D eigenvalue weighted by atomic mass is 16.5. The van der Waals surface area contributed by atoms with Crippen LogP contribution in [0.1, 0.15) is 27.0 Å². The third-order valence-corrected chi connectivity index (χ3v) is 4.72. The Kier molecular flexibility index (Phi) is 5.89. The number of fused-ring (bicyclic) bond motifs is 1. The van der Waals surface area contributed by atoms with Crippen molar-refractivity contribution in [2.24, 2.45) is 5.10 Å². The summed E-state index contributed by atoms with van der Waals surface area (Å²) >= 11 is 0. The largest absolute Gasteiger partial charge is 0.489 e. The minimum atomic E-state index is -0.397. The van der Waals surface area contributed by atoms with Gasteiger partial charge in [-0.2, -0.15) is 5.10 Å². The molecule has 1 amide bonds. The van der Waals surface area contributed by atoms with Gasteiger partial charge in [-0.25, -0.2) is 5.43 Å². The zero-order chi connectivity index (χ0) is 21.6. The van der Waals surface area contributed by atoms with Crippen LogP contribution in [-0.2, 0) is 6.61 Å². The Morgan fingerprint density at radius 2 is 1.77 bits per heavy atom. The number of amides is 1. The summed E-state index contributed by atoms with van der Waals surface area (Å²) in [7, 11) is 0. The summed E-state index contributed by atoms with van der Waals surface area (Å²) < 4.78 is 11.2. The molecule has 4 aromatic rings. The van der Waals surface area contributed by atoms with Gasteiger partial charge in [0.2, 0.25) is 5.43 Å². The average Bonchev–Trinajstić information content (AvgIpc) is 2.80. The Bertz CT molecular complexity index is 1290. The second-order valence-electron chi connectivity index (χ2n) is 7.01. The number of hydrogen-bond donors (Lipinski definition) is 1. The molecule has 3 aromatic carbocycles. The molecular weight excluding hydrogens is 392 g/mol. The van der Waals surface area contributed by atoms with Crippen LogP contribution in [0.15, 0.2) is 93.4 Å². The van der Waals surface area contributed by atoms with Gasteiger partial charge in [-0.1, -0.05) is 42.0 Å². The van der Waals surface area contributed by atoms with Crippen LogP contribution in [0.3, 0.4) is 0 Å². The number of carbonyl (C=O) groups is 1. The first-order chi connectivity index (χ1) is 15.1. The van der Waals surface area contributed by atoms with E-state index in [2.05, 4.69) is 10.5 Å². The third kappa shape index (κ3) is 4.87. The second-order valence-corrected chi connectivity index (χ2v) is 7.01. The van der Waals surface area contributed by atoms with Crippen LogP contribution in [0.25, 0.3) is 11.0 Å². The number of carbonyl (C=O) groups excluding carboxylic acids is 1. The Morgan fingerprint density at radius 3 is 2.55 bits per heavy atom. The lowest BCUT2D eigenvalue weighted by atomic mass is 10.2. The molecule has 0 fully saturated rings. The van der Waals surface area contributed by atoms with Crippen molar-refractivity contribution in [1.82, 2.24) is 5.43 Å². The number of ether oxygens (including phenoxy) is 1. The first kappa shape index (κ1) is 20.1. The fourth-order valence-corrected chi connectivity index (χ4v) is 2.96. The minimum absolute atomic E-state index is 0.213. The molecular formula is C25H20N2O4. The van der Waals surface area contributed by atoms with Crippen LogP contribution in [0.5, 0.6) is 5.75 Å². The normalized spacial score (nSPS) is 11.0. The fourth-order valence-electron chi connectivity index (χ4n) is 2.96. The first-order valence-electron chi connectivity index (χ1n) is 9.72. The van der Waals surface area contributed by atoms with Crippen LogP contribution in [0.2, 0.25) is 0 Å². The number of nitrogens with zero attached hydrogens (tertiary/aromatic N) is 1. The van der Waals surface area contributed by atoms with Gasteiger partial charge in [0.25, 0.3) is 5.91 Å². The van der Waals surface area contributed by atoms with Gasteiger partial charge in [-0.05, 0) is 48.9 Å². The zero-order valence-electron chi connectivity index (χ0n) is 16.9. The number of rotatable bonds is 6. The second kappa shape index (κ2) is 9.09. The summed E-state index contributed by atoms with van der Waals surface area (Å²) in [5, 5.41) is 4.33. The molecule has 0 saturated carbocycles. The molecule has 1 aromatic heterocycles. The van der Waals surface area contributed by atoms with Gasteiger partial charge in [-0.3, -0.25) is 9.59 Å². The highest BCUT2D eigenvalue weighted by Crippen LogP contribution is 2.15. The van der Waals surface area contributed by atoms with E-state index in [0.29, 0.717) is 28.9 Å². The van der Waals surface area contributed by atoms with Crippen LogP contribution >= 0.6 is 0 Å². The van der Waals surface area contributed by atoms with Gasteiger partial charge in [0.15, 0.2) is 0 Å². The quantitative estimate of drug-likeness (QED) is 0.375. The summed E-state index contributed by atoms with van der Waals surface area (Å²) in [5.41, 5.74) is 5.64. The summed E-state index contributed by atoms with van der Waals surface area (Å²) in [4.78, 5) is 24.7. The molecule has 6 heteroatoms. The standard InChI is InChI=1S/C25H20N2O4/c1-17-6-8-18(9-7-17)15-30-21-12-10-19(11-13-21)25(29)27-26-14-20-16-31-23-5-3-2-4-22(23)24(20)28/h2-14,16H,15H2,1H3,(H,27,29)/b26-14+. The molecule has 6 nitrogen and oxygen atoms in total. The Labute approximate surface area is 178 Å². The zero-order valence-corrected chi connectivity index (χ0v) is 16.9. The number of nitrogens with one attached hydrogen (secondary N) is 1. The maximum absolute atomic E-state index is 12.4. The lowest BCUT2D eigenvalue weighted by Gasteiger charge is -2.07. The van der Waals surface area contributed by atoms with E-state index >= 15 is 0 Å². The fraction of sp³-hybridized carbons (Fsp3) is 0.0800. The molecule has 1 N–H and O–H groups in total. The SMILES string of the molecule is Cc1ccc(COc2ccc(C(=O)N/N=C/c3coc4ccccc4c3=O)cc2)cc1. The molecule has 0 unspecified atom stereocenters. The van der Waals surface area contributed by atoms with Crippen molar-refractivity contribution in [2.45, 2.75) is 13.5 Å². The maximum atomic E-state index is 12.4. The molecule has 0 saturated heterocycles. The summed E-state index contributed by atoms with van der Waals surface area (Å²) in [6.07, 6.45) is 2.59. The molecule has 0 aliphatic rings. The van der Waals surface area contributed by atoms with E-state index in [1.807, 2.05) is 31.2 Å². The van der Waals surface area contributed by atoms with Gasteiger partial charge >= 0.3 is 0 Å². The average molecular weight is 412 g/mol. The Morgan fingerprint density at radius 1 is 1.03 bits per heavy atom. The van der Waals surface area contributed by atoms with E-state index in [-0.39, 0.29) is 11.0 Å². The molecule has 154 valence electrons. The number of aryl methyl sites for hydroxylation is 1. The van der Waals surface area contributed by atoms with Gasteiger partial charge in [-0.15, -0.1) is 0 Å². The molecule has 1 heterocycles. The molecule has 0 bridgehead atoms. The maximum Gasteiger partial charge on any atom is 0.271 e. The van der Waals surface area contributed by atoms with Gasteiger partial charge in [0, 0.05) is 5.56 Å². The Balaban J connectivity index is 1.36. The molecule has 4 rings (SSSR count). The van der Waals surface area contributed by atoms with Crippen LogP contribution in [0, 0.1) is 6.92 Å². The predicted octanol–water partition coefficient (Wildman–Crippen LogP) is 4.44. The summed E-state index contributed by atoms with van der Waals surface area (Å²) in [6, 6.07) is 21.8. The van der Waals surface area contributed by atoms with Crippen molar-refractivity contribution >= 4 is 23.1 Å². The lowest BCUT2D eigenvalue weighted by molar-refractivity contribution is 0.0955. The molecule has 0 radical (unpaired) electrons. The Hall–Kier alpha value is -4.19. The van der Waals surface area contributed by atoms with Crippen molar-refractivity contribution in [1.29, 1.82) is 0 Å². The van der Waals surface area contributed by atoms with E-state index in [4.69, 9.17) is 9.15 Å². The van der Waals surface area contributed by atoms with E-state index in [9.17, 15) is 9.59 Å². The van der Waals surface area contributed by atoms with Crippen LogP contribution in [-0.4, -0.2) is 12.1 Å². The van der Waals surface area contributed by atoms with Gasteiger partial charge in [0.05, 0.1) is 17.2 Å². The van der Waals surface area contributed by atoms with E-state index < -0.39 is 5.91 Å². The van der Waals surface area contributed by atoms with E-state index in [1.54, 1.807) is 48.5 Å². The van der Waals surface area contributed by atoms with Gasteiger partial charge < -0.3 is 9.15 Å². The van der Waals surface area contributed by atoms with Crippen molar-refractivity contribution < 1.29 is 13.9 Å². The first-order valence-corrected chi connectivity index (χ1v) is 9.72. The number of benzene rings is 3. The molecule has 0 atom stereocenters. The minimum Gasteiger partial charge on any atom is -0.489 e. The monoisotopic (exact) mass is 412 g/mol. The molecule has 31 heavy (non-hydrogen) atoms. The van der Waals surface area contributed by atoms with Crippen LogP contribution < -0.4 is 15.6 Å². The van der Waals surface area contributed by atoms with Crippen molar-refractivity contribution in [3.8, 4) is 5.75 Å². The predicted molar refractivity (Wildman–Crippen MR) is 119 cm³/mol. The number of hydrogen-bond acceptors (Lipinski definition) is 5. The topological polar surface area (TPSA) is 80.9 Å². The third-order valence-electron chi connectivity index (χ3n) is 4.72. The van der Waals surface area contributed by atoms with Crippen molar-refractivity contribution in [3.05, 3.63) is 112 Å². The molecule has 0 aliphatic heterocycles. The highest BCUT2D eigenvalue weighted by molar-refractivity contribution is 5.95. The molecule has 0 aliphatic carbocycles. The van der Waals surface area contributed by atoms with Crippen molar-refractivity contribution in [3.63, 3.8) is 0 Å². The molecule has 0 spiro atoms. The summed E-state index contributed by atoms with van der Waals surface area (Å²) in [6.45, 7) is 2.49. The number of hydrazone groups is 1. The van der Waals surface area contributed by atoms with Gasteiger partial charge in [0.1, 0.15) is 24.2 Å². The number of para-hydroxylation sites is 1. The van der Waals surface area contributed by atoms with Crippen molar-refractivity contribution in [2.75, 3.05) is 0 Å². The van der Waals surface area contributed by atoms with E-state index in [1.165, 1.54) is 18.0 Å². The van der Waals surface area contributed by atoms with Crippen LogP contribution in [0.4, 0.5) is 0 Å².